The summed E-state index contributed by atoms with van der Waals surface area (Å²) in [5, 5.41) is 4.71. The predicted molar refractivity (Wildman–Crippen MR) is 107 cm³/mol. The number of rotatable bonds is 6. The number of nitrogens with one attached hydrogen (secondary N) is 1. The van der Waals surface area contributed by atoms with Gasteiger partial charge in [0.25, 0.3) is 5.91 Å². The first kappa shape index (κ1) is 17.9. The van der Waals surface area contributed by atoms with Gasteiger partial charge in [-0.15, -0.1) is 0 Å². The molecule has 2 aromatic carbocycles. The number of aryl methyl sites for hydroxylation is 2. The smallest absolute Gasteiger partial charge is 0.257 e. The summed E-state index contributed by atoms with van der Waals surface area (Å²) in [5.74, 6) is 1.68. The molecule has 4 rings (SSSR count). The summed E-state index contributed by atoms with van der Waals surface area (Å²) in [6.07, 6.45) is 5.21. The molecule has 1 amide bonds. The lowest BCUT2D eigenvalue weighted by Gasteiger charge is -2.09. The maximum atomic E-state index is 12.0. The van der Waals surface area contributed by atoms with Crippen LogP contribution in [-0.4, -0.2) is 19.1 Å². The molecule has 0 saturated carbocycles. The van der Waals surface area contributed by atoms with Gasteiger partial charge in [-0.1, -0.05) is 23.7 Å². The van der Waals surface area contributed by atoms with Crippen molar-refractivity contribution in [3.8, 4) is 5.75 Å². The molecule has 0 spiro atoms. The number of hydrogen-bond donors (Lipinski definition) is 1. The Morgan fingerprint density at radius 1 is 1.11 bits per heavy atom. The molecule has 5 heteroatoms. The summed E-state index contributed by atoms with van der Waals surface area (Å²) in [5.41, 5.74) is 3.34. The van der Waals surface area contributed by atoms with Gasteiger partial charge in [0, 0.05) is 28.9 Å². The Morgan fingerprint density at radius 2 is 1.93 bits per heavy atom. The van der Waals surface area contributed by atoms with Crippen LogP contribution >= 0.6 is 11.6 Å². The lowest BCUT2D eigenvalue weighted by Crippen LogP contribution is -2.30. The number of furan rings is 1. The van der Waals surface area contributed by atoms with Crippen molar-refractivity contribution < 1.29 is 13.9 Å². The molecule has 3 aromatic rings. The van der Waals surface area contributed by atoms with E-state index in [4.69, 9.17) is 20.8 Å². The Bertz CT molecular complexity index is 946. The SMILES string of the molecule is O=C(COc1ccc2oc3c(c2c1)CCCC3)NCCc1ccc(Cl)cc1. The predicted octanol–water partition coefficient (Wildman–Crippen LogP) is 4.70. The van der Waals surface area contributed by atoms with Gasteiger partial charge in [-0.25, -0.2) is 0 Å². The van der Waals surface area contributed by atoms with Crippen molar-refractivity contribution in [2.75, 3.05) is 13.2 Å². The highest BCUT2D eigenvalue weighted by Crippen LogP contribution is 2.33. The van der Waals surface area contributed by atoms with E-state index < -0.39 is 0 Å². The number of carbonyl (C=O) groups excluding carboxylic acids is 1. The Balaban J connectivity index is 1.30. The van der Waals surface area contributed by atoms with E-state index in [2.05, 4.69) is 5.32 Å². The van der Waals surface area contributed by atoms with Crippen LogP contribution in [0.15, 0.2) is 46.9 Å². The van der Waals surface area contributed by atoms with Gasteiger partial charge in [-0.05, 0) is 61.6 Å². The Labute approximate surface area is 163 Å². The molecule has 1 N–H and O–H groups in total. The molecule has 1 heterocycles. The van der Waals surface area contributed by atoms with Crippen LogP contribution < -0.4 is 10.1 Å². The van der Waals surface area contributed by atoms with E-state index in [9.17, 15) is 4.79 Å². The van der Waals surface area contributed by atoms with Crippen molar-refractivity contribution in [3.63, 3.8) is 0 Å². The average molecular weight is 384 g/mol. The van der Waals surface area contributed by atoms with E-state index >= 15 is 0 Å². The monoisotopic (exact) mass is 383 g/mol. The minimum absolute atomic E-state index is 0.00612. The standard InChI is InChI=1S/C22H22ClNO3/c23-16-7-5-15(6-8-16)11-12-24-22(25)14-26-17-9-10-21-19(13-17)18-3-1-2-4-20(18)27-21/h5-10,13H,1-4,11-12,14H2,(H,24,25). The topological polar surface area (TPSA) is 51.5 Å². The zero-order chi connectivity index (χ0) is 18.6. The third-order valence-electron chi connectivity index (χ3n) is 4.95. The fourth-order valence-electron chi connectivity index (χ4n) is 3.53. The number of halogens is 1. The maximum absolute atomic E-state index is 12.0. The Morgan fingerprint density at radius 3 is 2.78 bits per heavy atom. The van der Waals surface area contributed by atoms with Gasteiger partial charge in [0.2, 0.25) is 0 Å². The molecule has 0 bridgehead atoms. The quantitative estimate of drug-likeness (QED) is 0.671. The van der Waals surface area contributed by atoms with E-state index in [0.29, 0.717) is 17.3 Å². The van der Waals surface area contributed by atoms with Crippen LogP contribution in [0, 0.1) is 0 Å². The number of fused-ring (bicyclic) bond motifs is 3. The summed E-state index contributed by atoms with van der Waals surface area (Å²) < 4.78 is 11.6. The van der Waals surface area contributed by atoms with Crippen LogP contribution in [0.1, 0.15) is 29.7 Å². The van der Waals surface area contributed by atoms with Crippen molar-refractivity contribution in [1.82, 2.24) is 5.32 Å². The molecule has 0 radical (unpaired) electrons. The third kappa shape index (κ3) is 4.28. The maximum Gasteiger partial charge on any atom is 0.257 e. The minimum atomic E-state index is -0.127. The van der Waals surface area contributed by atoms with Gasteiger partial charge >= 0.3 is 0 Å². The first-order chi connectivity index (χ1) is 13.2. The van der Waals surface area contributed by atoms with Gasteiger partial charge in [-0.2, -0.15) is 0 Å². The second kappa shape index (κ2) is 8.05. The molecule has 4 nitrogen and oxygen atoms in total. The lowest BCUT2D eigenvalue weighted by atomic mass is 9.96. The van der Waals surface area contributed by atoms with Crippen molar-refractivity contribution in [2.24, 2.45) is 0 Å². The van der Waals surface area contributed by atoms with E-state index in [0.717, 1.165) is 41.6 Å². The molecule has 0 aliphatic heterocycles. The lowest BCUT2D eigenvalue weighted by molar-refractivity contribution is -0.123. The van der Waals surface area contributed by atoms with Crippen LogP contribution in [0.25, 0.3) is 11.0 Å². The molecule has 0 unspecified atom stereocenters. The van der Waals surface area contributed by atoms with Gasteiger partial charge < -0.3 is 14.5 Å². The molecule has 1 aliphatic rings. The highest BCUT2D eigenvalue weighted by molar-refractivity contribution is 6.30. The van der Waals surface area contributed by atoms with Gasteiger partial charge in [0.15, 0.2) is 6.61 Å². The molecular weight excluding hydrogens is 362 g/mol. The Kier molecular flexibility index (Phi) is 5.35. The summed E-state index contributed by atoms with van der Waals surface area (Å²) in [6.45, 7) is 0.574. The average Bonchev–Trinajstić information content (AvgIpc) is 3.06. The van der Waals surface area contributed by atoms with Gasteiger partial charge in [-0.3, -0.25) is 4.79 Å². The summed E-state index contributed by atoms with van der Waals surface area (Å²) in [7, 11) is 0. The van der Waals surface area contributed by atoms with Crippen molar-refractivity contribution in [2.45, 2.75) is 32.1 Å². The first-order valence-corrected chi connectivity index (χ1v) is 9.75. The molecule has 0 saturated heterocycles. The van der Waals surface area contributed by atoms with Crippen molar-refractivity contribution >= 4 is 28.5 Å². The van der Waals surface area contributed by atoms with E-state index in [-0.39, 0.29) is 12.5 Å². The highest BCUT2D eigenvalue weighted by atomic mass is 35.5. The number of carbonyl (C=O) groups is 1. The molecule has 0 fully saturated rings. The van der Waals surface area contributed by atoms with E-state index in [1.807, 2.05) is 42.5 Å². The molecule has 0 atom stereocenters. The summed E-state index contributed by atoms with van der Waals surface area (Å²) >= 11 is 5.87. The van der Waals surface area contributed by atoms with Crippen molar-refractivity contribution in [3.05, 3.63) is 64.4 Å². The largest absolute Gasteiger partial charge is 0.484 e. The Hall–Kier alpha value is -2.46. The first-order valence-electron chi connectivity index (χ1n) is 9.37. The van der Waals surface area contributed by atoms with Gasteiger partial charge in [0.1, 0.15) is 17.1 Å². The zero-order valence-electron chi connectivity index (χ0n) is 15.1. The van der Waals surface area contributed by atoms with Crippen LogP contribution in [0.3, 0.4) is 0 Å². The second-order valence-corrected chi connectivity index (χ2v) is 7.32. The molecule has 27 heavy (non-hydrogen) atoms. The van der Waals surface area contributed by atoms with Crippen LogP contribution in [0.2, 0.25) is 5.02 Å². The summed E-state index contributed by atoms with van der Waals surface area (Å²) in [4.78, 5) is 12.0. The number of benzene rings is 2. The highest BCUT2D eigenvalue weighted by Gasteiger charge is 2.18. The van der Waals surface area contributed by atoms with Crippen molar-refractivity contribution in [1.29, 1.82) is 0 Å². The minimum Gasteiger partial charge on any atom is -0.484 e. The molecule has 140 valence electrons. The second-order valence-electron chi connectivity index (χ2n) is 6.88. The van der Waals surface area contributed by atoms with Crippen LogP contribution in [0.5, 0.6) is 5.75 Å². The number of ether oxygens (including phenoxy) is 1. The van der Waals surface area contributed by atoms with Crippen LogP contribution in [0.4, 0.5) is 0 Å². The third-order valence-corrected chi connectivity index (χ3v) is 5.20. The summed E-state index contributed by atoms with van der Waals surface area (Å²) in [6, 6.07) is 13.4. The van der Waals surface area contributed by atoms with E-state index in [1.165, 1.54) is 18.4 Å². The van der Waals surface area contributed by atoms with E-state index in [1.54, 1.807) is 0 Å². The van der Waals surface area contributed by atoms with Gasteiger partial charge in [0.05, 0.1) is 0 Å². The fraction of sp³-hybridized carbons (Fsp3) is 0.318. The zero-order valence-corrected chi connectivity index (χ0v) is 15.8. The molecular formula is C22H22ClNO3. The number of hydrogen-bond acceptors (Lipinski definition) is 3. The molecule has 1 aromatic heterocycles. The normalized spacial score (nSPS) is 13.4. The van der Waals surface area contributed by atoms with Crippen LogP contribution in [-0.2, 0) is 24.1 Å². The number of amides is 1. The molecule has 1 aliphatic carbocycles. The fourth-order valence-corrected chi connectivity index (χ4v) is 3.65.